The van der Waals surface area contributed by atoms with Crippen molar-refractivity contribution in [2.75, 3.05) is 30.0 Å². The molecule has 15 heteroatoms. The van der Waals surface area contributed by atoms with Gasteiger partial charge in [-0.05, 0) is 45.0 Å². The summed E-state index contributed by atoms with van der Waals surface area (Å²) in [6, 6.07) is 6.04. The molecule has 2 aromatic carbocycles. The molecule has 4 aromatic rings. The lowest BCUT2D eigenvalue weighted by Crippen LogP contribution is -2.42. The Morgan fingerprint density at radius 3 is 2.51 bits per heavy atom. The smallest absolute Gasteiger partial charge is 0.326 e. The molecule has 2 aromatic heterocycles. The van der Waals surface area contributed by atoms with Crippen LogP contribution in [-0.4, -0.2) is 61.7 Å². The molecule has 0 aliphatic rings. The van der Waals surface area contributed by atoms with Crippen molar-refractivity contribution >= 4 is 40.6 Å². The van der Waals surface area contributed by atoms with Gasteiger partial charge in [-0.3, -0.25) is 9.58 Å². The van der Waals surface area contributed by atoms with Crippen LogP contribution in [0.3, 0.4) is 0 Å². The average Bonchev–Trinajstić information content (AvgIpc) is 3.65. The fourth-order valence-corrected chi connectivity index (χ4v) is 4.95. The van der Waals surface area contributed by atoms with Crippen LogP contribution >= 0.6 is 23.2 Å². The zero-order valence-electron chi connectivity index (χ0n) is 23.6. The second kappa shape index (κ2) is 14.2. The van der Waals surface area contributed by atoms with Gasteiger partial charge >= 0.3 is 6.03 Å². The number of nitrogens with one attached hydrogen (secondary N) is 1. The van der Waals surface area contributed by atoms with Crippen LogP contribution in [0, 0.1) is 11.6 Å². The van der Waals surface area contributed by atoms with E-state index in [1.54, 1.807) is 32.9 Å². The zero-order chi connectivity index (χ0) is 31.1. The highest BCUT2D eigenvalue weighted by molar-refractivity contribution is 6.36. The average molecular weight is 639 g/mol. The zero-order valence-corrected chi connectivity index (χ0v) is 25.1. The number of hydrogen-bond acceptors (Lipinski definition) is 7. The van der Waals surface area contributed by atoms with E-state index in [4.69, 9.17) is 32.7 Å². The topological polar surface area (TPSA) is 120 Å². The van der Waals surface area contributed by atoms with Crippen molar-refractivity contribution in [3.8, 4) is 0 Å². The van der Waals surface area contributed by atoms with Crippen LogP contribution in [0.2, 0.25) is 10.0 Å². The van der Waals surface area contributed by atoms with Gasteiger partial charge < -0.3 is 19.9 Å². The summed E-state index contributed by atoms with van der Waals surface area (Å²) < 4.78 is 42.9. The van der Waals surface area contributed by atoms with E-state index in [0.29, 0.717) is 35.7 Å². The third-order valence-corrected chi connectivity index (χ3v) is 7.26. The highest BCUT2D eigenvalue weighted by Crippen LogP contribution is 2.37. The predicted molar refractivity (Wildman–Crippen MR) is 157 cm³/mol. The maximum Gasteiger partial charge on any atom is 0.326 e. The number of anilines is 2. The van der Waals surface area contributed by atoms with Crippen LogP contribution < -0.4 is 10.2 Å². The molecule has 0 saturated heterocycles. The quantitative estimate of drug-likeness (QED) is 0.182. The first-order valence-electron chi connectivity index (χ1n) is 13.4. The molecule has 2 atom stereocenters. The minimum atomic E-state index is -1.97. The predicted octanol–water partition coefficient (Wildman–Crippen LogP) is 5.65. The van der Waals surface area contributed by atoms with Crippen molar-refractivity contribution in [3.05, 3.63) is 88.7 Å². The monoisotopic (exact) mass is 637 g/mol. The maximum atomic E-state index is 15.1. The molecule has 0 aliphatic carbocycles. The minimum Gasteiger partial charge on any atom is -0.381 e. The van der Waals surface area contributed by atoms with Gasteiger partial charge in [0.15, 0.2) is 6.29 Å². The molecule has 0 aliphatic heterocycles. The molecule has 0 spiro atoms. The summed E-state index contributed by atoms with van der Waals surface area (Å²) in [5, 5.41) is 23.8. The number of hydrogen-bond donors (Lipinski definition) is 2. The fourth-order valence-electron chi connectivity index (χ4n) is 4.50. The molecule has 11 nitrogen and oxygen atoms in total. The molecule has 0 unspecified atom stereocenters. The number of rotatable bonds is 13. The Morgan fingerprint density at radius 2 is 1.88 bits per heavy atom. The first-order valence-corrected chi connectivity index (χ1v) is 14.1. The lowest BCUT2D eigenvalue weighted by Gasteiger charge is -2.35. The number of nitrogens with zero attached hydrogens (tertiary/aromatic N) is 6. The van der Waals surface area contributed by atoms with E-state index in [-0.39, 0.29) is 23.7 Å². The lowest BCUT2D eigenvalue weighted by molar-refractivity contribution is -0.128. The Labute approximate surface area is 256 Å². The van der Waals surface area contributed by atoms with E-state index in [0.717, 1.165) is 6.07 Å². The van der Waals surface area contributed by atoms with Crippen LogP contribution in [-0.2, 0) is 21.6 Å². The number of carbonyl (C=O) groups excluding carboxylic acids is 1. The maximum absolute atomic E-state index is 15.1. The van der Waals surface area contributed by atoms with Crippen molar-refractivity contribution in [1.29, 1.82) is 0 Å². The standard InChI is InChI=1S/C28H31Cl2F2N7O4/c1-4-42-26(43-5-2)14-38(27(40)36-25-9-6-19(29)10-23(25)30)21-12-34-39(13-21)18(3)28(41,15-37-17-33-16-35-37)22-8-7-20(31)11-24(22)32/h6-13,16-18,26,41H,4-5,14-15H2,1-3H3,(H,36,40)/t18-,28-/m1/s1. The Hall–Kier alpha value is -3.62. The summed E-state index contributed by atoms with van der Waals surface area (Å²) in [5.41, 5.74) is -1.52. The highest BCUT2D eigenvalue weighted by atomic mass is 35.5. The van der Waals surface area contributed by atoms with E-state index in [1.807, 2.05) is 0 Å². The Kier molecular flexibility index (Phi) is 10.7. The van der Waals surface area contributed by atoms with Gasteiger partial charge in [-0.15, -0.1) is 0 Å². The SMILES string of the molecule is CCOC(CN(C(=O)Nc1ccc(Cl)cc1Cl)c1cnn([C@H](C)[C@](O)(Cn2cncn2)c2ccc(F)cc2F)c1)OCC. The first kappa shape index (κ1) is 32.3. The highest BCUT2D eigenvalue weighted by Gasteiger charge is 2.41. The van der Waals surface area contributed by atoms with Crippen LogP contribution in [0.15, 0.2) is 61.4 Å². The normalized spacial score (nSPS) is 13.6. The van der Waals surface area contributed by atoms with Crippen LogP contribution in [0.25, 0.3) is 0 Å². The number of ether oxygens (including phenoxy) is 2. The lowest BCUT2D eigenvalue weighted by atomic mass is 9.86. The van der Waals surface area contributed by atoms with Gasteiger partial charge in [-0.1, -0.05) is 29.3 Å². The number of aliphatic hydroxyl groups is 1. The van der Waals surface area contributed by atoms with Crippen LogP contribution in [0.5, 0.6) is 0 Å². The van der Waals surface area contributed by atoms with E-state index in [2.05, 4.69) is 20.5 Å². The molecule has 230 valence electrons. The molecule has 2 N–H and O–H groups in total. The van der Waals surface area contributed by atoms with Crippen molar-refractivity contribution in [2.45, 2.75) is 45.2 Å². The van der Waals surface area contributed by atoms with E-state index in [1.165, 1.54) is 51.4 Å². The molecule has 2 amide bonds. The largest absolute Gasteiger partial charge is 0.381 e. The van der Waals surface area contributed by atoms with Gasteiger partial charge in [0, 0.05) is 36.1 Å². The second-order valence-corrected chi connectivity index (χ2v) is 10.3. The molecule has 0 bridgehead atoms. The number of benzene rings is 2. The van der Waals surface area contributed by atoms with Gasteiger partial charge in [-0.25, -0.2) is 23.2 Å². The van der Waals surface area contributed by atoms with Crippen LogP contribution in [0.1, 0.15) is 32.4 Å². The van der Waals surface area contributed by atoms with Crippen molar-refractivity contribution < 1.29 is 28.2 Å². The van der Waals surface area contributed by atoms with Gasteiger partial charge in [0.2, 0.25) is 0 Å². The van der Waals surface area contributed by atoms with Crippen molar-refractivity contribution in [1.82, 2.24) is 24.5 Å². The van der Waals surface area contributed by atoms with Gasteiger partial charge in [0.05, 0.1) is 41.7 Å². The Morgan fingerprint density at radius 1 is 1.14 bits per heavy atom. The third kappa shape index (κ3) is 7.67. The number of urea groups is 1. The van der Waals surface area contributed by atoms with Crippen molar-refractivity contribution in [3.63, 3.8) is 0 Å². The fraction of sp³-hybridized carbons (Fsp3) is 0.357. The van der Waals surface area contributed by atoms with Crippen molar-refractivity contribution in [2.24, 2.45) is 0 Å². The minimum absolute atomic E-state index is 0.0331. The summed E-state index contributed by atoms with van der Waals surface area (Å²) in [6.45, 7) is 5.60. The Balaban J connectivity index is 1.70. The molecule has 0 saturated carbocycles. The van der Waals surface area contributed by atoms with E-state index in [9.17, 15) is 14.3 Å². The summed E-state index contributed by atoms with van der Waals surface area (Å²) in [7, 11) is 0. The number of amides is 2. The summed E-state index contributed by atoms with van der Waals surface area (Å²) in [4.78, 5) is 18.8. The molecular formula is C28H31Cl2F2N7O4. The molecule has 2 heterocycles. The molecule has 43 heavy (non-hydrogen) atoms. The summed E-state index contributed by atoms with van der Waals surface area (Å²) in [6.07, 6.45) is 4.78. The van der Waals surface area contributed by atoms with Crippen LogP contribution in [0.4, 0.5) is 25.0 Å². The number of halogens is 4. The molecule has 0 radical (unpaired) electrons. The van der Waals surface area contributed by atoms with E-state index >= 15 is 4.39 Å². The third-order valence-electron chi connectivity index (χ3n) is 6.71. The molecule has 4 rings (SSSR count). The number of carbonyl (C=O) groups is 1. The van der Waals surface area contributed by atoms with Gasteiger partial charge in [0.1, 0.15) is 29.9 Å². The van der Waals surface area contributed by atoms with Gasteiger partial charge in [-0.2, -0.15) is 10.2 Å². The van der Waals surface area contributed by atoms with E-state index < -0.39 is 35.6 Å². The van der Waals surface area contributed by atoms with Gasteiger partial charge in [0.25, 0.3) is 0 Å². The molecular weight excluding hydrogens is 607 g/mol. The summed E-state index contributed by atoms with van der Waals surface area (Å²) >= 11 is 12.3. The summed E-state index contributed by atoms with van der Waals surface area (Å²) in [5.74, 6) is -1.74. The second-order valence-electron chi connectivity index (χ2n) is 9.50. The number of aromatic nitrogens is 5. The Bertz CT molecular complexity index is 1520. The molecule has 0 fully saturated rings. The first-order chi connectivity index (χ1) is 20.5.